The van der Waals surface area contributed by atoms with Crippen LogP contribution in [0.25, 0.3) is 0 Å². The Hall–Kier alpha value is 0.154. The van der Waals surface area contributed by atoms with Crippen LogP contribution in [0.1, 0.15) is 12.8 Å². The largest absolute Gasteiger partial charge is 0.251 e. The van der Waals surface area contributed by atoms with Crippen molar-refractivity contribution in [3.05, 3.63) is 0 Å². The van der Waals surface area contributed by atoms with E-state index < -0.39 is 44.7 Å². The van der Waals surface area contributed by atoms with Crippen LogP contribution in [0.2, 0.25) is 24.2 Å². The minimum atomic E-state index is -0.959. The maximum Gasteiger partial charge on any atom is 0.0998 e. The first kappa shape index (κ1) is 16.2. The first-order valence-electron chi connectivity index (χ1n) is 6.10. The Labute approximate surface area is 99.8 Å². The summed E-state index contributed by atoms with van der Waals surface area (Å²) in [5, 5.41) is 0. The van der Waals surface area contributed by atoms with Crippen LogP contribution in [-0.2, 0) is 0 Å². The minimum Gasteiger partial charge on any atom is -0.251 e. The van der Waals surface area contributed by atoms with Crippen molar-refractivity contribution in [3.63, 3.8) is 0 Å². The van der Waals surface area contributed by atoms with Crippen LogP contribution in [-0.4, -0.2) is 44.7 Å². The molecule has 0 aliphatic heterocycles. The van der Waals surface area contributed by atoms with Crippen LogP contribution in [0, 0.1) is 0 Å². The molecule has 0 spiro atoms. The average Bonchev–Trinajstić information content (AvgIpc) is 2.24. The van der Waals surface area contributed by atoms with Gasteiger partial charge < -0.3 is 0 Å². The second-order valence-electron chi connectivity index (χ2n) is 4.14. The lowest BCUT2D eigenvalue weighted by Crippen LogP contribution is -2.08. The van der Waals surface area contributed by atoms with E-state index in [4.69, 9.17) is 0 Å². The van der Waals surface area contributed by atoms with Gasteiger partial charge in [-0.3, -0.25) is 8.78 Å². The molecule has 0 fully saturated rings. The molecular weight excluding hydrogens is 252 g/mol. The van der Waals surface area contributed by atoms with Crippen molar-refractivity contribution >= 4 is 19.0 Å². The molecule has 0 saturated heterocycles. The smallest absolute Gasteiger partial charge is 0.0998 e. The van der Waals surface area contributed by atoms with Crippen LogP contribution in [0.5, 0.6) is 0 Å². The fourth-order valence-corrected chi connectivity index (χ4v) is 6.48. The van der Waals surface area contributed by atoms with Crippen molar-refractivity contribution in [1.82, 2.24) is 0 Å². The molecular formula is C10H22F4Si2. The normalized spacial score (nSPS) is 16.5. The summed E-state index contributed by atoms with van der Waals surface area (Å²) in [7, 11) is -0.833. The van der Waals surface area contributed by atoms with Gasteiger partial charge in [0.15, 0.2) is 0 Å². The number of rotatable bonds is 11. The highest BCUT2D eigenvalue weighted by Crippen LogP contribution is 2.09. The Morgan fingerprint density at radius 1 is 0.750 bits per heavy atom. The van der Waals surface area contributed by atoms with Crippen LogP contribution in [0.4, 0.5) is 17.6 Å². The summed E-state index contributed by atoms with van der Waals surface area (Å²) in [6.07, 6.45) is -1.85. The third-order valence-corrected chi connectivity index (χ3v) is 7.70. The van der Waals surface area contributed by atoms with Gasteiger partial charge in [-0.25, -0.2) is 8.78 Å². The summed E-state index contributed by atoms with van der Waals surface area (Å²) in [6, 6.07) is 3.20. The molecule has 0 N–H and O–H groups in total. The highest BCUT2D eigenvalue weighted by molar-refractivity contribution is 6.42. The number of hydrogen-bond donors (Lipinski definition) is 0. The zero-order valence-electron chi connectivity index (χ0n) is 9.74. The molecule has 0 amide bonds. The van der Waals surface area contributed by atoms with Gasteiger partial charge in [0.2, 0.25) is 0 Å². The molecule has 0 rings (SSSR count). The molecule has 6 heteroatoms. The molecule has 98 valence electrons. The molecule has 0 nitrogen and oxygen atoms in total. The molecule has 16 heavy (non-hydrogen) atoms. The van der Waals surface area contributed by atoms with Gasteiger partial charge in [0.25, 0.3) is 0 Å². The summed E-state index contributed by atoms with van der Waals surface area (Å²) >= 11 is 0. The summed E-state index contributed by atoms with van der Waals surface area (Å²) < 4.78 is 49.2. The van der Waals surface area contributed by atoms with Gasteiger partial charge in [-0.2, -0.15) is 0 Å². The molecule has 0 radical (unpaired) electrons. The molecule has 0 aliphatic carbocycles. The maximum atomic E-state index is 12.8. The van der Waals surface area contributed by atoms with Crippen LogP contribution >= 0.6 is 0 Å². The Morgan fingerprint density at radius 2 is 1.12 bits per heavy atom. The van der Waals surface area contributed by atoms with E-state index in [1.165, 1.54) is 0 Å². The molecule has 2 atom stereocenters. The van der Waals surface area contributed by atoms with Crippen molar-refractivity contribution in [2.75, 3.05) is 13.3 Å². The van der Waals surface area contributed by atoms with E-state index in [1.807, 2.05) is 0 Å². The van der Waals surface area contributed by atoms with Crippen molar-refractivity contribution in [2.24, 2.45) is 0 Å². The Bertz CT molecular complexity index is 133. The second kappa shape index (κ2) is 11.6. The van der Waals surface area contributed by atoms with Crippen LogP contribution in [0.15, 0.2) is 0 Å². The van der Waals surface area contributed by atoms with E-state index in [-0.39, 0.29) is 12.8 Å². The number of halogens is 4. The molecule has 0 saturated carbocycles. The summed E-state index contributed by atoms with van der Waals surface area (Å²) in [4.78, 5) is 0. The topological polar surface area (TPSA) is 0 Å². The standard InChI is InChI=1S/C10H22F4Si2/c11-3-1-9(13)7-15-5-6-16-8-10(14)2-4-12/h9-10H,1-8,15-16H2. The average molecular weight is 274 g/mol. The molecule has 0 aliphatic rings. The van der Waals surface area contributed by atoms with Crippen molar-refractivity contribution in [2.45, 2.75) is 49.4 Å². The van der Waals surface area contributed by atoms with Crippen LogP contribution in [0.3, 0.4) is 0 Å². The third-order valence-electron chi connectivity index (χ3n) is 2.63. The third kappa shape index (κ3) is 10.7. The number of hydrogen-bond acceptors (Lipinski definition) is 0. The zero-order chi connectivity index (χ0) is 12.2. The lowest BCUT2D eigenvalue weighted by molar-refractivity contribution is 0.303. The van der Waals surface area contributed by atoms with E-state index >= 15 is 0 Å². The summed E-state index contributed by atoms with van der Waals surface area (Å²) in [5.74, 6) is 0. The molecule has 0 aromatic rings. The lowest BCUT2D eigenvalue weighted by Gasteiger charge is -2.06. The van der Waals surface area contributed by atoms with E-state index in [9.17, 15) is 17.6 Å². The maximum absolute atomic E-state index is 12.8. The van der Waals surface area contributed by atoms with Crippen molar-refractivity contribution in [3.8, 4) is 0 Å². The predicted molar refractivity (Wildman–Crippen MR) is 67.3 cm³/mol. The highest BCUT2D eigenvalue weighted by Gasteiger charge is 2.07. The predicted octanol–water partition coefficient (Wildman–Crippen LogP) is 2.39. The summed E-state index contributed by atoms with van der Waals surface area (Å²) in [6.45, 7) is -1.14. The van der Waals surface area contributed by atoms with Gasteiger partial charge >= 0.3 is 0 Å². The zero-order valence-corrected chi connectivity index (χ0v) is 12.6. The van der Waals surface area contributed by atoms with Gasteiger partial charge in [0.05, 0.1) is 25.7 Å². The fraction of sp³-hybridized carbons (Fsp3) is 1.00. The summed E-state index contributed by atoms with van der Waals surface area (Å²) in [5.41, 5.74) is 0. The van der Waals surface area contributed by atoms with E-state index in [0.29, 0.717) is 12.1 Å². The quantitative estimate of drug-likeness (QED) is 0.308. The van der Waals surface area contributed by atoms with E-state index in [0.717, 1.165) is 12.1 Å². The van der Waals surface area contributed by atoms with Crippen molar-refractivity contribution < 1.29 is 17.6 Å². The van der Waals surface area contributed by atoms with E-state index in [1.54, 1.807) is 0 Å². The first-order chi connectivity index (χ1) is 7.70. The minimum absolute atomic E-state index is 0.0352. The molecule has 0 aromatic heterocycles. The Balaban J connectivity index is 3.15. The van der Waals surface area contributed by atoms with Gasteiger partial charge in [-0.15, -0.1) is 0 Å². The van der Waals surface area contributed by atoms with Gasteiger partial charge in [-0.05, 0) is 12.1 Å². The first-order valence-corrected chi connectivity index (χ1v) is 10.1. The van der Waals surface area contributed by atoms with Crippen LogP contribution < -0.4 is 0 Å². The molecule has 0 heterocycles. The second-order valence-corrected chi connectivity index (χ2v) is 8.12. The number of alkyl halides is 4. The Morgan fingerprint density at radius 3 is 1.44 bits per heavy atom. The van der Waals surface area contributed by atoms with E-state index in [2.05, 4.69) is 0 Å². The molecule has 0 aromatic carbocycles. The highest BCUT2D eigenvalue weighted by atomic mass is 28.2. The lowest BCUT2D eigenvalue weighted by atomic mass is 10.3. The Kier molecular flexibility index (Phi) is 11.7. The monoisotopic (exact) mass is 274 g/mol. The van der Waals surface area contributed by atoms with Gasteiger partial charge in [-0.1, -0.05) is 12.1 Å². The van der Waals surface area contributed by atoms with Gasteiger partial charge in [0, 0.05) is 31.9 Å². The fourth-order valence-electron chi connectivity index (χ4n) is 1.61. The molecule has 0 bridgehead atoms. The molecule has 2 unspecified atom stereocenters. The SMILES string of the molecule is FCCC(F)C[SiH2]CC[SiH2]CC(F)CCF. The van der Waals surface area contributed by atoms with Crippen molar-refractivity contribution in [1.29, 1.82) is 0 Å². The van der Waals surface area contributed by atoms with Gasteiger partial charge in [0.1, 0.15) is 0 Å².